The van der Waals surface area contributed by atoms with Crippen molar-refractivity contribution in [2.24, 2.45) is 5.73 Å². The predicted octanol–water partition coefficient (Wildman–Crippen LogP) is 2.43. The Morgan fingerprint density at radius 2 is 2.04 bits per heavy atom. The largest absolute Gasteiger partial charge is 0.378 e. The molecule has 1 aromatic rings. The number of nitrogens with two attached hydrogens (primary N) is 1. The van der Waals surface area contributed by atoms with E-state index in [1.807, 2.05) is 4.90 Å². The van der Waals surface area contributed by atoms with Crippen molar-refractivity contribution in [1.29, 1.82) is 0 Å². The number of benzene rings is 1. The Morgan fingerprint density at radius 3 is 2.68 bits per heavy atom. The van der Waals surface area contributed by atoms with Gasteiger partial charge in [-0.3, -0.25) is 9.59 Å². The molecule has 1 fully saturated rings. The van der Waals surface area contributed by atoms with Crippen molar-refractivity contribution in [3.8, 4) is 0 Å². The van der Waals surface area contributed by atoms with Crippen LogP contribution in [0.2, 0.25) is 0 Å². The van der Waals surface area contributed by atoms with E-state index in [-0.39, 0.29) is 30.3 Å². The first-order chi connectivity index (χ1) is 11.6. The van der Waals surface area contributed by atoms with Gasteiger partial charge in [-0.25, -0.2) is 0 Å². The maximum atomic E-state index is 12.6. The summed E-state index contributed by atoms with van der Waals surface area (Å²) < 4.78 is 5.77. The molecule has 6 nitrogen and oxygen atoms in total. The highest BCUT2D eigenvalue weighted by Gasteiger charge is 2.24. The Labute approximate surface area is 155 Å². The third-order valence-corrected chi connectivity index (χ3v) is 4.15. The van der Waals surface area contributed by atoms with Crippen LogP contribution in [0.3, 0.4) is 0 Å². The Morgan fingerprint density at radius 1 is 1.32 bits per heavy atom. The quantitative estimate of drug-likeness (QED) is 0.723. The van der Waals surface area contributed by atoms with Gasteiger partial charge in [-0.05, 0) is 44.0 Å². The Hall–Kier alpha value is -1.63. The van der Waals surface area contributed by atoms with Crippen molar-refractivity contribution in [2.75, 3.05) is 31.6 Å². The molecule has 1 aliphatic rings. The summed E-state index contributed by atoms with van der Waals surface area (Å²) in [4.78, 5) is 26.0. The van der Waals surface area contributed by atoms with Crippen LogP contribution in [0, 0.1) is 0 Å². The number of carbonyl (C=O) groups excluding carboxylic acids is 2. The van der Waals surface area contributed by atoms with E-state index < -0.39 is 0 Å². The third-order valence-electron chi connectivity index (χ3n) is 4.15. The van der Waals surface area contributed by atoms with Gasteiger partial charge in [0.1, 0.15) is 0 Å². The van der Waals surface area contributed by atoms with Gasteiger partial charge >= 0.3 is 0 Å². The van der Waals surface area contributed by atoms with Gasteiger partial charge < -0.3 is 20.7 Å². The molecule has 140 valence electrons. The van der Waals surface area contributed by atoms with E-state index in [2.05, 4.69) is 5.32 Å². The van der Waals surface area contributed by atoms with E-state index in [0.717, 1.165) is 19.3 Å². The lowest BCUT2D eigenvalue weighted by Gasteiger charge is -2.32. The van der Waals surface area contributed by atoms with E-state index in [0.29, 0.717) is 43.9 Å². The lowest BCUT2D eigenvalue weighted by Crippen LogP contribution is -2.41. The SMILES string of the molecule is CCC(=O)Nc1cccc(C(=O)N2CCC(OCCCN)CC2)c1.Cl. The van der Waals surface area contributed by atoms with E-state index in [4.69, 9.17) is 10.5 Å². The van der Waals surface area contributed by atoms with Gasteiger partial charge in [0, 0.05) is 37.4 Å². The summed E-state index contributed by atoms with van der Waals surface area (Å²) in [6.07, 6.45) is 3.20. The molecule has 0 unspecified atom stereocenters. The molecule has 1 aliphatic heterocycles. The standard InChI is InChI=1S/C18H27N3O3.ClH/c1-2-17(22)20-15-6-3-5-14(13-15)18(23)21-10-7-16(8-11-21)24-12-4-9-19;/h3,5-6,13,16H,2,4,7-12,19H2,1H3,(H,20,22);1H. The summed E-state index contributed by atoms with van der Waals surface area (Å²) in [5.41, 5.74) is 6.73. The fraction of sp³-hybridized carbons (Fsp3) is 0.556. The summed E-state index contributed by atoms with van der Waals surface area (Å²) in [6, 6.07) is 7.11. The second-order valence-corrected chi connectivity index (χ2v) is 5.99. The van der Waals surface area contributed by atoms with Crippen molar-refractivity contribution in [1.82, 2.24) is 4.90 Å². The van der Waals surface area contributed by atoms with Crippen LogP contribution in [0.5, 0.6) is 0 Å². The van der Waals surface area contributed by atoms with Crippen LogP contribution < -0.4 is 11.1 Å². The minimum atomic E-state index is -0.0601. The number of likely N-dealkylation sites (tertiary alicyclic amines) is 1. The first-order valence-electron chi connectivity index (χ1n) is 8.65. The maximum Gasteiger partial charge on any atom is 0.253 e. The molecule has 1 heterocycles. The normalized spacial score (nSPS) is 14.7. The lowest BCUT2D eigenvalue weighted by atomic mass is 10.1. The highest BCUT2D eigenvalue weighted by atomic mass is 35.5. The average molecular weight is 370 g/mol. The van der Waals surface area contributed by atoms with Crippen molar-refractivity contribution < 1.29 is 14.3 Å². The van der Waals surface area contributed by atoms with Crippen LogP contribution >= 0.6 is 12.4 Å². The predicted molar refractivity (Wildman–Crippen MR) is 101 cm³/mol. The van der Waals surface area contributed by atoms with Gasteiger partial charge in [-0.2, -0.15) is 0 Å². The zero-order valence-corrected chi connectivity index (χ0v) is 15.5. The van der Waals surface area contributed by atoms with E-state index in [1.54, 1.807) is 31.2 Å². The minimum Gasteiger partial charge on any atom is -0.378 e. The molecule has 1 saturated heterocycles. The van der Waals surface area contributed by atoms with Crippen LogP contribution in [0.25, 0.3) is 0 Å². The molecular weight excluding hydrogens is 342 g/mol. The number of nitrogens with one attached hydrogen (secondary N) is 1. The van der Waals surface area contributed by atoms with E-state index in [9.17, 15) is 9.59 Å². The van der Waals surface area contributed by atoms with Gasteiger partial charge in [0.2, 0.25) is 5.91 Å². The molecule has 2 amide bonds. The number of amides is 2. The zero-order valence-electron chi connectivity index (χ0n) is 14.7. The monoisotopic (exact) mass is 369 g/mol. The van der Waals surface area contributed by atoms with Gasteiger partial charge in [0.15, 0.2) is 0 Å². The van der Waals surface area contributed by atoms with Crippen molar-refractivity contribution >= 4 is 29.9 Å². The Kier molecular flexibility index (Phi) is 9.49. The smallest absolute Gasteiger partial charge is 0.253 e. The second kappa shape index (κ2) is 11.1. The summed E-state index contributed by atoms with van der Waals surface area (Å²) in [7, 11) is 0. The molecule has 1 aromatic carbocycles. The molecule has 0 spiro atoms. The molecule has 0 aromatic heterocycles. The van der Waals surface area contributed by atoms with Crippen molar-refractivity contribution in [3.05, 3.63) is 29.8 Å². The van der Waals surface area contributed by atoms with Gasteiger partial charge in [0.05, 0.1) is 6.10 Å². The fourth-order valence-corrected chi connectivity index (χ4v) is 2.72. The first kappa shape index (κ1) is 21.4. The second-order valence-electron chi connectivity index (χ2n) is 5.99. The molecule has 0 atom stereocenters. The topological polar surface area (TPSA) is 84.7 Å². The molecule has 25 heavy (non-hydrogen) atoms. The number of ether oxygens (including phenoxy) is 1. The van der Waals surface area contributed by atoms with E-state index >= 15 is 0 Å². The summed E-state index contributed by atoms with van der Waals surface area (Å²) >= 11 is 0. The van der Waals surface area contributed by atoms with Crippen LogP contribution in [-0.2, 0) is 9.53 Å². The molecular formula is C18H28ClN3O3. The maximum absolute atomic E-state index is 12.6. The van der Waals surface area contributed by atoms with Crippen LogP contribution in [0.4, 0.5) is 5.69 Å². The molecule has 0 bridgehead atoms. The zero-order chi connectivity index (χ0) is 17.4. The lowest BCUT2D eigenvalue weighted by molar-refractivity contribution is -0.115. The molecule has 3 N–H and O–H groups in total. The number of piperidine rings is 1. The first-order valence-corrected chi connectivity index (χ1v) is 8.65. The van der Waals surface area contributed by atoms with Gasteiger partial charge in [-0.15, -0.1) is 12.4 Å². The highest BCUT2D eigenvalue weighted by Crippen LogP contribution is 2.18. The molecule has 0 saturated carbocycles. The number of halogens is 1. The van der Waals surface area contributed by atoms with Crippen molar-refractivity contribution in [3.63, 3.8) is 0 Å². The summed E-state index contributed by atoms with van der Waals surface area (Å²) in [5, 5.41) is 2.79. The molecule has 0 aliphatic carbocycles. The van der Waals surface area contributed by atoms with Crippen LogP contribution in [0.1, 0.15) is 43.0 Å². The number of rotatable bonds is 7. The highest BCUT2D eigenvalue weighted by molar-refractivity contribution is 5.97. The number of hydrogen-bond donors (Lipinski definition) is 2. The van der Waals surface area contributed by atoms with Crippen LogP contribution in [-0.4, -0.2) is 49.1 Å². The molecule has 2 rings (SSSR count). The minimum absolute atomic E-state index is 0. The summed E-state index contributed by atoms with van der Waals surface area (Å²) in [5.74, 6) is -0.0574. The number of anilines is 1. The Bertz CT molecular complexity index is 560. The van der Waals surface area contributed by atoms with Gasteiger partial charge in [-0.1, -0.05) is 13.0 Å². The van der Waals surface area contributed by atoms with Crippen molar-refractivity contribution in [2.45, 2.75) is 38.7 Å². The third kappa shape index (κ3) is 6.65. The van der Waals surface area contributed by atoms with Crippen LogP contribution in [0.15, 0.2) is 24.3 Å². The van der Waals surface area contributed by atoms with E-state index in [1.165, 1.54) is 0 Å². The van der Waals surface area contributed by atoms with Gasteiger partial charge in [0.25, 0.3) is 5.91 Å². The number of hydrogen-bond acceptors (Lipinski definition) is 4. The average Bonchev–Trinajstić information content (AvgIpc) is 2.62. The fourth-order valence-electron chi connectivity index (χ4n) is 2.72. The number of nitrogens with zero attached hydrogens (tertiary/aromatic N) is 1. The Balaban J connectivity index is 0.00000312. The molecule has 7 heteroatoms. The summed E-state index contributed by atoms with van der Waals surface area (Å²) in [6.45, 7) is 4.51. The number of carbonyl (C=O) groups is 2. The molecule has 0 radical (unpaired) electrons.